The number of thiocarbonyl (C=S) groups is 1. The number of carbonyl (C=O) groups is 1. The molecule has 3 rings (SSSR count). The third kappa shape index (κ3) is 4.00. The average Bonchev–Trinajstić information content (AvgIpc) is 2.87. The van der Waals surface area contributed by atoms with Gasteiger partial charge in [-0.15, -0.1) is 0 Å². The Labute approximate surface area is 154 Å². The molecule has 2 aromatic rings. The monoisotopic (exact) mass is 374 g/mol. The van der Waals surface area contributed by atoms with E-state index >= 15 is 0 Å². The van der Waals surface area contributed by atoms with Crippen molar-refractivity contribution in [3.05, 3.63) is 64.8 Å². The highest BCUT2D eigenvalue weighted by atomic mass is 32.2. The Morgan fingerprint density at radius 3 is 2.84 bits per heavy atom. The summed E-state index contributed by atoms with van der Waals surface area (Å²) in [5, 5.41) is 3.15. The number of carbonyl (C=O) groups excluding carboxylic acids is 1. The van der Waals surface area contributed by atoms with Crippen molar-refractivity contribution >= 4 is 46.0 Å². The van der Waals surface area contributed by atoms with Gasteiger partial charge in [0.05, 0.1) is 24.4 Å². The fourth-order valence-electron chi connectivity index (χ4n) is 2.34. The number of methoxy groups -OCH3 is 1. The molecule has 1 fully saturated rings. The number of nitrogens with one attached hydrogen (secondary N) is 1. The molecule has 1 saturated heterocycles. The summed E-state index contributed by atoms with van der Waals surface area (Å²) in [5.74, 6) is 0.131. The summed E-state index contributed by atoms with van der Waals surface area (Å²) in [6, 6.07) is 13.5. The summed E-state index contributed by atoms with van der Waals surface area (Å²) in [6.45, 7) is 0.228. The van der Waals surface area contributed by atoms with Crippen molar-refractivity contribution in [2.24, 2.45) is 0 Å². The van der Waals surface area contributed by atoms with Gasteiger partial charge in [0.2, 0.25) is 0 Å². The molecule has 7 heteroatoms. The molecule has 1 N–H and O–H groups in total. The molecule has 0 aliphatic carbocycles. The Morgan fingerprint density at radius 2 is 2.08 bits per heavy atom. The summed E-state index contributed by atoms with van der Waals surface area (Å²) in [6.07, 6.45) is 1.64. The molecule has 4 nitrogen and oxygen atoms in total. The van der Waals surface area contributed by atoms with Crippen LogP contribution in [-0.4, -0.2) is 28.9 Å². The molecule has 25 heavy (non-hydrogen) atoms. The van der Waals surface area contributed by atoms with Crippen LogP contribution in [0.2, 0.25) is 0 Å². The van der Waals surface area contributed by atoms with Crippen LogP contribution in [0.5, 0.6) is 5.75 Å². The number of thioether (sulfide) groups is 1. The first kappa shape index (κ1) is 17.4. The second kappa shape index (κ2) is 7.67. The van der Waals surface area contributed by atoms with Crippen LogP contribution in [0.4, 0.5) is 10.1 Å². The highest BCUT2D eigenvalue weighted by molar-refractivity contribution is 8.26. The number of nitrogens with zero attached hydrogens (tertiary/aromatic N) is 1. The van der Waals surface area contributed by atoms with Gasteiger partial charge in [0.1, 0.15) is 15.9 Å². The number of anilines is 1. The Morgan fingerprint density at radius 1 is 1.28 bits per heavy atom. The largest absolute Gasteiger partial charge is 0.495 e. The number of halogens is 1. The molecular formula is C18H15FN2O2S2. The Bertz CT molecular complexity index is 854. The maximum atomic E-state index is 13.3. The SMILES string of the molecule is COc1ccccc1NCN1C(=O)/C(=C/c2cccc(F)c2)SC1=S. The molecule has 0 aromatic heterocycles. The van der Waals surface area contributed by atoms with Crippen molar-refractivity contribution in [3.63, 3.8) is 0 Å². The van der Waals surface area contributed by atoms with Crippen molar-refractivity contribution < 1.29 is 13.9 Å². The van der Waals surface area contributed by atoms with Crippen LogP contribution in [0.15, 0.2) is 53.4 Å². The average molecular weight is 374 g/mol. The molecule has 1 heterocycles. The van der Waals surface area contributed by atoms with Gasteiger partial charge in [-0.25, -0.2) is 4.39 Å². The number of ether oxygens (including phenoxy) is 1. The van der Waals surface area contributed by atoms with Gasteiger partial charge in [-0.3, -0.25) is 9.69 Å². The van der Waals surface area contributed by atoms with Gasteiger partial charge < -0.3 is 10.1 Å². The lowest BCUT2D eigenvalue weighted by molar-refractivity contribution is -0.121. The van der Waals surface area contributed by atoms with E-state index in [1.807, 2.05) is 24.3 Å². The molecule has 0 spiro atoms. The second-order valence-electron chi connectivity index (χ2n) is 5.20. The molecule has 0 atom stereocenters. The van der Waals surface area contributed by atoms with Crippen LogP contribution < -0.4 is 10.1 Å². The fourth-order valence-corrected chi connectivity index (χ4v) is 3.59. The number of hydrogen-bond donors (Lipinski definition) is 1. The summed E-state index contributed by atoms with van der Waals surface area (Å²) >= 11 is 6.50. The molecule has 0 radical (unpaired) electrons. The van der Waals surface area contributed by atoms with E-state index in [0.717, 1.165) is 5.69 Å². The van der Waals surface area contributed by atoms with Crippen molar-refractivity contribution in [3.8, 4) is 5.75 Å². The summed E-state index contributed by atoms with van der Waals surface area (Å²) in [7, 11) is 1.59. The Balaban J connectivity index is 1.73. The maximum absolute atomic E-state index is 13.3. The smallest absolute Gasteiger partial charge is 0.267 e. The molecule has 0 bridgehead atoms. The first-order valence-electron chi connectivity index (χ1n) is 7.46. The Hall–Kier alpha value is -2.38. The van der Waals surface area contributed by atoms with Crippen LogP contribution in [0.3, 0.4) is 0 Å². The highest BCUT2D eigenvalue weighted by Crippen LogP contribution is 2.33. The number of hydrogen-bond acceptors (Lipinski definition) is 5. The zero-order valence-corrected chi connectivity index (χ0v) is 15.0. The van der Waals surface area contributed by atoms with E-state index in [2.05, 4.69) is 5.32 Å². The predicted octanol–water partition coefficient (Wildman–Crippen LogP) is 4.11. The molecule has 1 amide bonds. The van der Waals surface area contributed by atoms with E-state index in [1.54, 1.807) is 25.3 Å². The number of benzene rings is 2. The molecule has 1 aliphatic rings. The fraction of sp³-hybridized carbons (Fsp3) is 0.111. The first-order chi connectivity index (χ1) is 12.1. The lowest BCUT2D eigenvalue weighted by Crippen LogP contribution is -2.33. The van der Waals surface area contributed by atoms with Crippen molar-refractivity contribution in [1.29, 1.82) is 0 Å². The van der Waals surface area contributed by atoms with Crippen LogP contribution >= 0.6 is 24.0 Å². The molecule has 2 aromatic carbocycles. The van der Waals surface area contributed by atoms with Gasteiger partial charge in [-0.2, -0.15) is 0 Å². The van der Waals surface area contributed by atoms with Gasteiger partial charge in [-0.1, -0.05) is 48.2 Å². The zero-order valence-electron chi connectivity index (χ0n) is 13.4. The molecular weight excluding hydrogens is 359 g/mol. The third-order valence-electron chi connectivity index (χ3n) is 3.55. The lowest BCUT2D eigenvalue weighted by atomic mass is 10.2. The topological polar surface area (TPSA) is 41.6 Å². The van der Waals surface area contributed by atoms with Crippen LogP contribution in [-0.2, 0) is 4.79 Å². The zero-order chi connectivity index (χ0) is 17.8. The molecule has 1 aliphatic heterocycles. The maximum Gasteiger partial charge on any atom is 0.267 e. The summed E-state index contributed by atoms with van der Waals surface area (Å²) in [5.41, 5.74) is 1.39. The van der Waals surface area contributed by atoms with Crippen molar-refractivity contribution in [2.45, 2.75) is 0 Å². The minimum Gasteiger partial charge on any atom is -0.495 e. The Kier molecular flexibility index (Phi) is 5.35. The van der Waals surface area contributed by atoms with Gasteiger partial charge in [0, 0.05) is 0 Å². The summed E-state index contributed by atoms with van der Waals surface area (Å²) in [4.78, 5) is 14.5. The highest BCUT2D eigenvalue weighted by Gasteiger charge is 2.31. The molecule has 128 valence electrons. The quantitative estimate of drug-likeness (QED) is 0.630. The molecule has 0 unspecified atom stereocenters. The van der Waals surface area contributed by atoms with Crippen LogP contribution in [0.1, 0.15) is 5.56 Å². The molecule has 0 saturated carbocycles. The lowest BCUT2D eigenvalue weighted by Gasteiger charge is -2.17. The standard InChI is InChI=1S/C18H15FN2O2S2/c1-23-15-8-3-2-7-14(15)20-11-21-17(22)16(25-18(21)24)10-12-5-4-6-13(19)9-12/h2-10,20H,11H2,1H3/b16-10-. The predicted molar refractivity (Wildman–Crippen MR) is 103 cm³/mol. The van der Waals surface area contributed by atoms with Gasteiger partial charge >= 0.3 is 0 Å². The van der Waals surface area contributed by atoms with E-state index in [9.17, 15) is 9.18 Å². The van der Waals surface area contributed by atoms with Gasteiger partial charge in [-0.05, 0) is 35.9 Å². The minimum atomic E-state index is -0.345. The van der Waals surface area contributed by atoms with E-state index in [-0.39, 0.29) is 18.4 Å². The van der Waals surface area contributed by atoms with Crippen LogP contribution in [0.25, 0.3) is 6.08 Å². The van der Waals surface area contributed by atoms with E-state index in [1.165, 1.54) is 28.8 Å². The van der Waals surface area contributed by atoms with Gasteiger partial charge in [0.25, 0.3) is 5.91 Å². The van der Waals surface area contributed by atoms with Crippen LogP contribution in [0, 0.1) is 5.82 Å². The number of amides is 1. The second-order valence-corrected chi connectivity index (χ2v) is 6.88. The normalized spacial score (nSPS) is 15.8. The van der Waals surface area contributed by atoms with E-state index in [0.29, 0.717) is 20.5 Å². The van der Waals surface area contributed by atoms with Crippen molar-refractivity contribution in [1.82, 2.24) is 4.90 Å². The summed E-state index contributed by atoms with van der Waals surface area (Å²) < 4.78 is 19.0. The number of rotatable bonds is 5. The van der Waals surface area contributed by atoms with Gasteiger partial charge in [0.15, 0.2) is 0 Å². The first-order valence-corrected chi connectivity index (χ1v) is 8.69. The van der Waals surface area contributed by atoms with Crippen molar-refractivity contribution in [2.75, 3.05) is 19.1 Å². The minimum absolute atomic E-state index is 0.207. The number of para-hydroxylation sites is 2. The third-order valence-corrected chi connectivity index (χ3v) is 4.93. The van der Waals surface area contributed by atoms with E-state index in [4.69, 9.17) is 17.0 Å². The van der Waals surface area contributed by atoms with E-state index < -0.39 is 0 Å².